The van der Waals surface area contributed by atoms with Crippen LogP contribution in [0.15, 0.2) is 29.2 Å². The Kier molecular flexibility index (Phi) is 5.97. The average molecular weight is 382 g/mol. The van der Waals surface area contributed by atoms with Crippen molar-refractivity contribution < 1.29 is 9.59 Å². The van der Waals surface area contributed by atoms with E-state index in [-0.39, 0.29) is 17.3 Å². The largest absolute Gasteiger partial charge is 0.293 e. The normalized spacial score (nSPS) is 11.8. The Morgan fingerprint density at radius 2 is 1.89 bits per heavy atom. The molecule has 6 heteroatoms. The molecule has 0 saturated carbocycles. The molecule has 0 aliphatic rings. The number of hydrogen-bond donors (Lipinski definition) is 0. The summed E-state index contributed by atoms with van der Waals surface area (Å²) in [6, 6.07) is 7.74. The minimum absolute atomic E-state index is 0.0555. The highest BCUT2D eigenvalue weighted by Gasteiger charge is 2.25. The van der Waals surface area contributed by atoms with Gasteiger partial charge in [-0.1, -0.05) is 26.8 Å². The molecule has 0 aliphatic heterocycles. The number of rotatable bonds is 4. The Morgan fingerprint density at radius 1 is 1.22 bits per heavy atom. The summed E-state index contributed by atoms with van der Waals surface area (Å²) in [4.78, 5) is 30.6. The van der Waals surface area contributed by atoms with Crippen LogP contribution in [0, 0.1) is 30.6 Å². The first-order valence-electron chi connectivity index (χ1n) is 8.54. The molecule has 2 aromatic rings. The lowest BCUT2D eigenvalue weighted by atomic mass is 9.86. The number of hydrogen-bond acceptors (Lipinski definition) is 5. The smallest absolute Gasteiger partial charge is 0.230 e. The number of Topliss-reactive ketones (excluding diaryl/α,β-unsaturated/α-hetero) is 1. The van der Waals surface area contributed by atoms with E-state index in [1.165, 1.54) is 29.2 Å². The fourth-order valence-corrected chi connectivity index (χ4v) is 3.28. The Balaban J connectivity index is 2.43. The molecule has 27 heavy (non-hydrogen) atoms. The molecule has 0 saturated heterocycles. The van der Waals surface area contributed by atoms with Crippen molar-refractivity contribution in [3.63, 3.8) is 0 Å². The summed E-state index contributed by atoms with van der Waals surface area (Å²) in [6.45, 7) is 10.8. The van der Waals surface area contributed by atoms with Gasteiger partial charge in [-0.15, -0.1) is 11.3 Å². The van der Waals surface area contributed by atoms with Crippen LogP contribution in [0.1, 0.15) is 44.5 Å². The zero-order valence-electron chi connectivity index (χ0n) is 16.5. The fraction of sp³-hybridized carbons (Fsp3) is 0.333. The number of thiazole rings is 1. The van der Waals surface area contributed by atoms with Gasteiger partial charge >= 0.3 is 0 Å². The first-order chi connectivity index (χ1) is 12.5. The van der Waals surface area contributed by atoms with Crippen LogP contribution in [-0.4, -0.2) is 16.7 Å². The van der Waals surface area contributed by atoms with Crippen LogP contribution in [0.4, 0.5) is 10.8 Å². The maximum atomic E-state index is 12.4. The summed E-state index contributed by atoms with van der Waals surface area (Å²) in [5, 5.41) is 11.6. The van der Waals surface area contributed by atoms with Crippen LogP contribution in [-0.2, 0) is 9.59 Å². The second kappa shape index (κ2) is 7.85. The molecule has 0 atom stereocenters. The number of anilines is 2. The van der Waals surface area contributed by atoms with Crippen LogP contribution in [0.3, 0.4) is 0 Å². The van der Waals surface area contributed by atoms with Crippen LogP contribution in [0.2, 0.25) is 0 Å². The van der Waals surface area contributed by atoms with Gasteiger partial charge in [0.1, 0.15) is 6.07 Å². The SMILES string of the molecule is CC(=O)N(c1ccc(C)c(C)c1)c1nc(/C=C(\C#N)C(=O)C(C)(C)C)cs1. The van der Waals surface area contributed by atoms with Gasteiger partial charge in [0.2, 0.25) is 5.91 Å². The van der Waals surface area contributed by atoms with Gasteiger partial charge in [0.15, 0.2) is 10.9 Å². The molecule has 5 nitrogen and oxygen atoms in total. The lowest BCUT2D eigenvalue weighted by Crippen LogP contribution is -2.22. The molecule has 140 valence electrons. The Labute approximate surface area is 164 Å². The van der Waals surface area contributed by atoms with Crippen molar-refractivity contribution >= 4 is 39.9 Å². The predicted octanol–water partition coefficient (Wildman–Crippen LogP) is 4.97. The number of allylic oxidation sites excluding steroid dienone is 1. The first kappa shape index (κ1) is 20.5. The van der Waals surface area contributed by atoms with E-state index >= 15 is 0 Å². The molecule has 0 bridgehead atoms. The van der Waals surface area contributed by atoms with Gasteiger partial charge in [-0.3, -0.25) is 14.5 Å². The molecule has 0 fully saturated rings. The van der Waals surface area contributed by atoms with E-state index in [9.17, 15) is 14.9 Å². The van der Waals surface area contributed by atoms with Crippen molar-refractivity contribution in [3.8, 4) is 6.07 Å². The molecule has 0 unspecified atom stereocenters. The van der Waals surface area contributed by atoms with Crippen molar-refractivity contribution in [1.82, 2.24) is 4.98 Å². The minimum atomic E-state index is -0.648. The van der Waals surface area contributed by atoms with Crippen LogP contribution in [0.5, 0.6) is 0 Å². The van der Waals surface area contributed by atoms with Crippen LogP contribution >= 0.6 is 11.3 Å². The maximum Gasteiger partial charge on any atom is 0.230 e. The lowest BCUT2D eigenvalue weighted by molar-refractivity contribution is -0.122. The van der Waals surface area contributed by atoms with Crippen molar-refractivity contribution in [2.24, 2.45) is 5.41 Å². The number of ketones is 1. The summed E-state index contributed by atoms with van der Waals surface area (Å²) in [5.74, 6) is -0.397. The summed E-state index contributed by atoms with van der Waals surface area (Å²) in [5.41, 5.74) is 2.86. The molecule has 0 aliphatic carbocycles. The number of aryl methyl sites for hydroxylation is 2. The Morgan fingerprint density at radius 3 is 2.41 bits per heavy atom. The third kappa shape index (κ3) is 4.69. The van der Waals surface area contributed by atoms with E-state index in [1.807, 2.05) is 38.1 Å². The van der Waals surface area contributed by atoms with E-state index in [0.29, 0.717) is 10.8 Å². The van der Waals surface area contributed by atoms with Gasteiger partial charge in [0.25, 0.3) is 0 Å². The molecular weight excluding hydrogens is 358 g/mol. The fourth-order valence-electron chi connectivity index (χ4n) is 2.44. The van der Waals surface area contributed by atoms with Crippen LogP contribution < -0.4 is 4.90 Å². The third-order valence-corrected chi connectivity index (χ3v) is 4.95. The standard InChI is InChI=1S/C21H23N3O2S/c1-13-7-8-18(9-14(13)2)24(15(3)25)20-23-17(12-27-20)10-16(11-22)19(26)21(4,5)6/h7-10,12H,1-6H3/b16-10+. The van der Waals surface area contributed by atoms with Crippen molar-refractivity contribution in [3.05, 3.63) is 46.0 Å². The van der Waals surface area contributed by atoms with E-state index in [4.69, 9.17) is 0 Å². The Hall–Kier alpha value is -2.78. The molecular formula is C21H23N3O2S. The topological polar surface area (TPSA) is 74.1 Å². The molecule has 0 spiro atoms. The number of aromatic nitrogens is 1. The van der Waals surface area contributed by atoms with Crippen molar-refractivity contribution in [1.29, 1.82) is 5.26 Å². The number of amides is 1. The zero-order valence-corrected chi connectivity index (χ0v) is 17.3. The van der Waals surface area contributed by atoms with Crippen LogP contribution in [0.25, 0.3) is 6.08 Å². The van der Waals surface area contributed by atoms with E-state index in [2.05, 4.69) is 4.98 Å². The summed E-state index contributed by atoms with van der Waals surface area (Å²) in [7, 11) is 0. The molecule has 1 amide bonds. The van der Waals surface area contributed by atoms with E-state index in [0.717, 1.165) is 16.8 Å². The molecule has 2 rings (SSSR count). The predicted molar refractivity (Wildman–Crippen MR) is 109 cm³/mol. The quantitative estimate of drug-likeness (QED) is 0.554. The van der Waals surface area contributed by atoms with Crippen molar-refractivity contribution in [2.75, 3.05) is 4.90 Å². The van der Waals surface area contributed by atoms with Gasteiger partial charge in [0.05, 0.1) is 17.0 Å². The number of carbonyl (C=O) groups excluding carboxylic acids is 2. The monoisotopic (exact) mass is 381 g/mol. The van der Waals surface area contributed by atoms with E-state index < -0.39 is 5.41 Å². The Bertz CT molecular complexity index is 959. The number of nitriles is 1. The maximum absolute atomic E-state index is 12.4. The van der Waals surface area contributed by atoms with Crippen molar-refractivity contribution in [2.45, 2.75) is 41.5 Å². The second-order valence-electron chi connectivity index (χ2n) is 7.43. The third-order valence-electron chi connectivity index (χ3n) is 4.10. The molecule has 0 radical (unpaired) electrons. The number of benzene rings is 1. The van der Waals surface area contributed by atoms with Gasteiger partial charge < -0.3 is 0 Å². The number of carbonyl (C=O) groups is 2. The second-order valence-corrected chi connectivity index (χ2v) is 8.26. The molecule has 0 N–H and O–H groups in total. The highest BCUT2D eigenvalue weighted by molar-refractivity contribution is 7.14. The number of nitrogens with zero attached hydrogens (tertiary/aromatic N) is 3. The van der Waals surface area contributed by atoms with Gasteiger partial charge in [-0.25, -0.2) is 4.98 Å². The summed E-state index contributed by atoms with van der Waals surface area (Å²) >= 11 is 1.29. The summed E-state index contributed by atoms with van der Waals surface area (Å²) < 4.78 is 0. The van der Waals surface area contributed by atoms with Gasteiger partial charge in [0, 0.05) is 17.7 Å². The zero-order chi connectivity index (χ0) is 20.4. The minimum Gasteiger partial charge on any atom is -0.293 e. The van der Waals surface area contributed by atoms with Gasteiger partial charge in [-0.2, -0.15) is 5.26 Å². The molecule has 1 heterocycles. The summed E-state index contributed by atoms with van der Waals surface area (Å²) in [6.07, 6.45) is 1.48. The lowest BCUT2D eigenvalue weighted by Gasteiger charge is -2.19. The highest BCUT2D eigenvalue weighted by atomic mass is 32.1. The molecule has 1 aromatic heterocycles. The molecule has 1 aromatic carbocycles. The van der Waals surface area contributed by atoms with E-state index in [1.54, 1.807) is 26.2 Å². The average Bonchev–Trinajstić information content (AvgIpc) is 3.02. The highest BCUT2D eigenvalue weighted by Crippen LogP contribution is 2.31. The first-order valence-corrected chi connectivity index (χ1v) is 9.42. The van der Waals surface area contributed by atoms with Gasteiger partial charge in [-0.05, 0) is 43.2 Å².